The molecule has 0 spiro atoms. The molecule has 1 atom stereocenters. The third-order valence-corrected chi connectivity index (χ3v) is 2.43. The van der Waals surface area contributed by atoms with Gasteiger partial charge < -0.3 is 15.2 Å². The van der Waals surface area contributed by atoms with E-state index in [0.29, 0.717) is 6.42 Å². The first-order valence-corrected chi connectivity index (χ1v) is 5.61. The van der Waals surface area contributed by atoms with Crippen molar-refractivity contribution in [2.24, 2.45) is 0 Å². The lowest BCUT2D eigenvalue weighted by molar-refractivity contribution is -0.120. The summed E-state index contributed by atoms with van der Waals surface area (Å²) in [4.78, 5) is 11.5. The summed E-state index contributed by atoms with van der Waals surface area (Å²) in [5.41, 5.74) is 1.94. The van der Waals surface area contributed by atoms with Gasteiger partial charge in [0.1, 0.15) is 5.75 Å². The predicted molar refractivity (Wildman–Crippen MR) is 66.1 cm³/mol. The number of aliphatic hydroxyl groups excluding tert-OH is 1. The summed E-state index contributed by atoms with van der Waals surface area (Å²) in [7, 11) is 1.61. The lowest BCUT2D eigenvalue weighted by Gasteiger charge is -2.09. The van der Waals surface area contributed by atoms with Crippen LogP contribution in [-0.4, -0.2) is 30.8 Å². The van der Waals surface area contributed by atoms with Crippen molar-refractivity contribution in [3.63, 3.8) is 0 Å². The zero-order valence-electron chi connectivity index (χ0n) is 10.5. The van der Waals surface area contributed by atoms with Crippen molar-refractivity contribution < 1.29 is 14.6 Å². The number of aryl methyl sites for hydroxylation is 1. The third kappa shape index (κ3) is 4.44. The van der Waals surface area contributed by atoms with Gasteiger partial charge in [-0.3, -0.25) is 4.79 Å². The first kappa shape index (κ1) is 13.5. The zero-order chi connectivity index (χ0) is 12.8. The van der Waals surface area contributed by atoms with Crippen LogP contribution in [0.2, 0.25) is 0 Å². The van der Waals surface area contributed by atoms with Crippen molar-refractivity contribution in [1.82, 2.24) is 5.32 Å². The number of hydrogen-bond donors (Lipinski definition) is 2. The molecule has 94 valence electrons. The van der Waals surface area contributed by atoms with Gasteiger partial charge in [-0.05, 0) is 31.0 Å². The van der Waals surface area contributed by atoms with Crippen LogP contribution in [0.5, 0.6) is 5.75 Å². The molecular weight excluding hydrogens is 218 g/mol. The largest absolute Gasteiger partial charge is 0.496 e. The Morgan fingerprint density at radius 3 is 2.82 bits per heavy atom. The van der Waals surface area contributed by atoms with Crippen LogP contribution < -0.4 is 10.1 Å². The molecule has 1 aromatic carbocycles. The van der Waals surface area contributed by atoms with Gasteiger partial charge >= 0.3 is 0 Å². The van der Waals surface area contributed by atoms with E-state index in [1.807, 2.05) is 25.1 Å². The van der Waals surface area contributed by atoms with Crippen molar-refractivity contribution in [3.05, 3.63) is 29.3 Å². The minimum atomic E-state index is -0.522. The highest BCUT2D eigenvalue weighted by Gasteiger charge is 2.06. The lowest BCUT2D eigenvalue weighted by atomic mass is 10.1. The van der Waals surface area contributed by atoms with Gasteiger partial charge in [-0.25, -0.2) is 0 Å². The third-order valence-electron chi connectivity index (χ3n) is 2.43. The van der Waals surface area contributed by atoms with Gasteiger partial charge in [-0.2, -0.15) is 0 Å². The van der Waals surface area contributed by atoms with Gasteiger partial charge in [0.15, 0.2) is 0 Å². The molecule has 2 N–H and O–H groups in total. The highest BCUT2D eigenvalue weighted by atomic mass is 16.5. The average molecular weight is 237 g/mol. The molecule has 1 rings (SSSR count). The molecule has 0 radical (unpaired) electrons. The van der Waals surface area contributed by atoms with Gasteiger partial charge in [-0.1, -0.05) is 12.1 Å². The maximum atomic E-state index is 11.5. The molecule has 0 saturated carbocycles. The highest BCUT2D eigenvalue weighted by Crippen LogP contribution is 2.19. The van der Waals surface area contributed by atoms with Crippen LogP contribution in [-0.2, 0) is 11.2 Å². The molecule has 4 heteroatoms. The lowest BCUT2D eigenvalue weighted by Crippen LogP contribution is -2.31. The summed E-state index contributed by atoms with van der Waals surface area (Å²) in [6, 6.07) is 5.69. The van der Waals surface area contributed by atoms with Crippen molar-refractivity contribution in [2.45, 2.75) is 26.4 Å². The van der Waals surface area contributed by atoms with Crippen LogP contribution in [0.3, 0.4) is 0 Å². The standard InChI is InChI=1S/C13H19NO3/c1-9-4-5-11(6-12(9)17-3)7-13(16)14-8-10(2)15/h4-6,10,15H,7-8H2,1-3H3,(H,14,16)/t10-/m1/s1. The summed E-state index contributed by atoms with van der Waals surface area (Å²) in [5.74, 6) is 0.683. The number of benzene rings is 1. The predicted octanol–water partition coefficient (Wildman–Crippen LogP) is 1.04. The monoisotopic (exact) mass is 237 g/mol. The smallest absolute Gasteiger partial charge is 0.224 e. The van der Waals surface area contributed by atoms with Crippen LogP contribution in [0.15, 0.2) is 18.2 Å². The van der Waals surface area contributed by atoms with Crippen molar-refractivity contribution in [2.75, 3.05) is 13.7 Å². The molecule has 0 aliphatic carbocycles. The number of carbonyl (C=O) groups is 1. The average Bonchev–Trinajstić information content (AvgIpc) is 2.29. The van der Waals surface area contributed by atoms with Gasteiger partial charge in [0.2, 0.25) is 5.91 Å². The van der Waals surface area contributed by atoms with Crippen molar-refractivity contribution in [3.8, 4) is 5.75 Å². The summed E-state index contributed by atoms with van der Waals surface area (Å²) in [6.07, 6.45) is -0.227. The van der Waals surface area contributed by atoms with Crippen LogP contribution in [0, 0.1) is 6.92 Å². The van der Waals surface area contributed by atoms with Crippen molar-refractivity contribution in [1.29, 1.82) is 0 Å². The number of amides is 1. The SMILES string of the molecule is COc1cc(CC(=O)NC[C@@H](C)O)ccc1C. The Morgan fingerprint density at radius 2 is 2.24 bits per heavy atom. The summed E-state index contributed by atoms with van der Waals surface area (Å²) < 4.78 is 5.19. The number of nitrogens with one attached hydrogen (secondary N) is 1. The van der Waals surface area contributed by atoms with E-state index < -0.39 is 6.10 Å². The molecule has 1 amide bonds. The van der Waals surface area contributed by atoms with Crippen LogP contribution in [0.1, 0.15) is 18.1 Å². The summed E-state index contributed by atoms with van der Waals surface area (Å²) in [5, 5.41) is 11.7. The fourth-order valence-electron chi connectivity index (χ4n) is 1.48. The van der Waals surface area contributed by atoms with Gasteiger partial charge in [-0.15, -0.1) is 0 Å². The maximum absolute atomic E-state index is 11.5. The fraction of sp³-hybridized carbons (Fsp3) is 0.462. The molecule has 0 aliphatic heterocycles. The molecule has 0 fully saturated rings. The van der Waals surface area contributed by atoms with Gasteiger partial charge in [0.25, 0.3) is 0 Å². The van der Waals surface area contributed by atoms with Crippen LogP contribution >= 0.6 is 0 Å². The van der Waals surface area contributed by atoms with E-state index in [1.54, 1.807) is 14.0 Å². The fourth-order valence-corrected chi connectivity index (χ4v) is 1.48. The number of carbonyl (C=O) groups excluding carboxylic acids is 1. The molecule has 4 nitrogen and oxygen atoms in total. The van der Waals surface area contributed by atoms with Gasteiger partial charge in [0, 0.05) is 6.54 Å². The molecule has 0 unspecified atom stereocenters. The van der Waals surface area contributed by atoms with E-state index in [2.05, 4.69) is 5.32 Å². The second-order valence-corrected chi connectivity index (χ2v) is 4.13. The number of rotatable bonds is 5. The Hall–Kier alpha value is -1.55. The van der Waals surface area contributed by atoms with E-state index in [4.69, 9.17) is 9.84 Å². The highest BCUT2D eigenvalue weighted by molar-refractivity contribution is 5.78. The summed E-state index contributed by atoms with van der Waals surface area (Å²) >= 11 is 0. The minimum absolute atomic E-state index is 0.100. The van der Waals surface area contributed by atoms with E-state index in [-0.39, 0.29) is 12.5 Å². The molecule has 1 aromatic rings. The first-order valence-electron chi connectivity index (χ1n) is 5.61. The Labute approximate surface area is 102 Å². The maximum Gasteiger partial charge on any atom is 0.224 e. The molecule has 0 aliphatic rings. The molecule has 0 bridgehead atoms. The molecular formula is C13H19NO3. The molecule has 0 heterocycles. The Morgan fingerprint density at radius 1 is 1.53 bits per heavy atom. The number of hydrogen-bond acceptors (Lipinski definition) is 3. The number of aliphatic hydroxyl groups is 1. The van der Waals surface area contributed by atoms with Gasteiger partial charge in [0.05, 0.1) is 19.6 Å². The van der Waals surface area contributed by atoms with E-state index in [1.165, 1.54) is 0 Å². The zero-order valence-corrected chi connectivity index (χ0v) is 10.5. The summed E-state index contributed by atoms with van der Waals surface area (Å²) in [6.45, 7) is 3.87. The van der Waals surface area contributed by atoms with Crippen molar-refractivity contribution >= 4 is 5.91 Å². The van der Waals surface area contributed by atoms with E-state index in [0.717, 1.165) is 16.9 Å². The molecule has 0 aromatic heterocycles. The Kier molecular flexibility index (Phi) is 4.97. The topological polar surface area (TPSA) is 58.6 Å². The second kappa shape index (κ2) is 6.25. The second-order valence-electron chi connectivity index (χ2n) is 4.13. The minimum Gasteiger partial charge on any atom is -0.496 e. The molecule has 0 saturated heterocycles. The molecule has 17 heavy (non-hydrogen) atoms. The van der Waals surface area contributed by atoms with Crippen LogP contribution in [0.4, 0.5) is 0 Å². The quantitative estimate of drug-likeness (QED) is 0.804. The Balaban J connectivity index is 2.59. The normalized spacial score (nSPS) is 12.0. The van der Waals surface area contributed by atoms with E-state index in [9.17, 15) is 4.79 Å². The number of methoxy groups -OCH3 is 1. The Bertz CT molecular complexity index is 388. The number of ether oxygens (including phenoxy) is 1. The van der Waals surface area contributed by atoms with E-state index >= 15 is 0 Å². The first-order chi connectivity index (χ1) is 8.02. The van der Waals surface area contributed by atoms with Crippen LogP contribution in [0.25, 0.3) is 0 Å².